The molecule has 2 rings (SSSR count). The van der Waals surface area contributed by atoms with E-state index in [4.69, 9.17) is 5.11 Å². The summed E-state index contributed by atoms with van der Waals surface area (Å²) in [5.41, 5.74) is 0.231. The molecule has 0 aliphatic carbocycles. The first-order valence-corrected chi connectivity index (χ1v) is 7.79. The highest BCUT2D eigenvalue weighted by Gasteiger charge is 2.16. The van der Waals surface area contributed by atoms with Crippen molar-refractivity contribution in [3.8, 4) is 0 Å². The van der Waals surface area contributed by atoms with Crippen molar-refractivity contribution in [3.05, 3.63) is 33.9 Å². The number of thioether (sulfide) groups is 1. The molecule has 0 atom stereocenters. The van der Waals surface area contributed by atoms with E-state index in [1.54, 1.807) is 0 Å². The van der Waals surface area contributed by atoms with Crippen LogP contribution in [0.5, 0.6) is 0 Å². The van der Waals surface area contributed by atoms with Gasteiger partial charge in [0.25, 0.3) is 5.69 Å². The number of nitro benzene ring substituents is 1. The molecule has 0 amide bonds. The minimum absolute atomic E-state index is 0.0507. The van der Waals surface area contributed by atoms with Crippen LogP contribution in [0, 0.1) is 10.1 Å². The van der Waals surface area contributed by atoms with Crippen molar-refractivity contribution >= 4 is 29.1 Å². The zero-order valence-electron chi connectivity index (χ0n) is 11.4. The van der Waals surface area contributed by atoms with E-state index in [9.17, 15) is 14.9 Å². The number of carboxylic acid groups (broad SMARTS) is 1. The average molecular weight is 311 g/mol. The molecule has 1 aromatic rings. The molecule has 1 heterocycles. The van der Waals surface area contributed by atoms with E-state index in [-0.39, 0.29) is 11.3 Å². The molecule has 114 valence electrons. The molecule has 0 aromatic heterocycles. The molecule has 1 saturated heterocycles. The maximum atomic E-state index is 11.1. The minimum Gasteiger partial charge on any atom is -0.478 e. The van der Waals surface area contributed by atoms with E-state index in [1.807, 2.05) is 11.8 Å². The van der Waals surface area contributed by atoms with Gasteiger partial charge >= 0.3 is 5.97 Å². The van der Waals surface area contributed by atoms with Crippen molar-refractivity contribution in [1.82, 2.24) is 4.90 Å². The van der Waals surface area contributed by atoms with Gasteiger partial charge in [-0.1, -0.05) is 0 Å². The van der Waals surface area contributed by atoms with Gasteiger partial charge in [0, 0.05) is 49.8 Å². The summed E-state index contributed by atoms with van der Waals surface area (Å²) in [5, 5.41) is 22.9. The van der Waals surface area contributed by atoms with Crippen LogP contribution in [0.3, 0.4) is 0 Å². The molecule has 0 spiro atoms. The second kappa shape index (κ2) is 7.28. The SMILES string of the molecule is O=C(O)c1ccc([N+](=O)[O-])cc1NCCN1CCSCC1. The minimum atomic E-state index is -1.10. The van der Waals surface area contributed by atoms with Crippen LogP contribution >= 0.6 is 11.8 Å². The summed E-state index contributed by atoms with van der Waals surface area (Å²) in [6.07, 6.45) is 0. The molecule has 2 N–H and O–H groups in total. The van der Waals surface area contributed by atoms with Crippen LogP contribution in [0.25, 0.3) is 0 Å². The third kappa shape index (κ3) is 4.33. The Balaban J connectivity index is 2.00. The summed E-state index contributed by atoms with van der Waals surface area (Å²) in [7, 11) is 0. The molecule has 1 aliphatic rings. The fourth-order valence-corrected chi connectivity index (χ4v) is 3.13. The fourth-order valence-electron chi connectivity index (χ4n) is 2.15. The van der Waals surface area contributed by atoms with E-state index in [0.29, 0.717) is 12.2 Å². The highest BCUT2D eigenvalue weighted by Crippen LogP contribution is 2.22. The molecule has 1 aromatic carbocycles. The number of carboxylic acids is 1. The number of aromatic carboxylic acids is 1. The maximum absolute atomic E-state index is 11.1. The molecular weight excluding hydrogens is 294 g/mol. The number of hydrogen-bond donors (Lipinski definition) is 2. The van der Waals surface area contributed by atoms with E-state index >= 15 is 0 Å². The van der Waals surface area contributed by atoms with Gasteiger partial charge in [-0.2, -0.15) is 11.8 Å². The second-order valence-electron chi connectivity index (χ2n) is 4.67. The smallest absolute Gasteiger partial charge is 0.337 e. The molecule has 1 aliphatic heterocycles. The zero-order valence-corrected chi connectivity index (χ0v) is 12.3. The Labute approximate surface area is 126 Å². The zero-order chi connectivity index (χ0) is 15.2. The van der Waals surface area contributed by atoms with Crippen LogP contribution in [-0.4, -0.2) is 58.6 Å². The second-order valence-corrected chi connectivity index (χ2v) is 5.90. The summed E-state index contributed by atoms with van der Waals surface area (Å²) >= 11 is 1.93. The lowest BCUT2D eigenvalue weighted by Gasteiger charge is -2.26. The molecular formula is C13H17N3O4S. The number of nitrogens with one attached hydrogen (secondary N) is 1. The molecule has 8 heteroatoms. The standard InChI is InChI=1S/C13H17N3O4S/c17-13(18)11-2-1-10(16(19)20)9-12(11)14-3-4-15-5-7-21-8-6-15/h1-2,9,14H,3-8H2,(H,17,18). The third-order valence-electron chi connectivity index (χ3n) is 3.29. The maximum Gasteiger partial charge on any atom is 0.337 e. The van der Waals surface area contributed by atoms with Crippen molar-refractivity contribution in [2.75, 3.05) is 43.0 Å². The van der Waals surface area contributed by atoms with Gasteiger partial charge in [-0.15, -0.1) is 0 Å². The number of nitro groups is 1. The molecule has 21 heavy (non-hydrogen) atoms. The van der Waals surface area contributed by atoms with Crippen LogP contribution in [0.4, 0.5) is 11.4 Å². The predicted molar refractivity (Wildman–Crippen MR) is 82.3 cm³/mol. The first-order chi connectivity index (χ1) is 10.1. The Hall–Kier alpha value is -1.80. The first-order valence-electron chi connectivity index (χ1n) is 6.63. The number of rotatable bonds is 6. The van der Waals surface area contributed by atoms with Gasteiger partial charge in [0.05, 0.1) is 16.2 Å². The van der Waals surface area contributed by atoms with E-state index in [2.05, 4.69) is 10.2 Å². The van der Waals surface area contributed by atoms with E-state index in [1.165, 1.54) is 18.2 Å². The normalized spacial score (nSPS) is 15.6. The summed E-state index contributed by atoms with van der Waals surface area (Å²) in [6.45, 7) is 3.40. The van der Waals surface area contributed by atoms with Crippen LogP contribution in [0.2, 0.25) is 0 Å². The Bertz CT molecular complexity index is 532. The van der Waals surface area contributed by atoms with Crippen molar-refractivity contribution in [1.29, 1.82) is 0 Å². The predicted octanol–water partition coefficient (Wildman–Crippen LogP) is 1.75. The molecule has 0 bridgehead atoms. The van der Waals surface area contributed by atoms with Gasteiger partial charge in [0.1, 0.15) is 0 Å². The van der Waals surface area contributed by atoms with Gasteiger partial charge in [-0.05, 0) is 6.07 Å². The Morgan fingerprint density at radius 3 is 2.76 bits per heavy atom. The lowest BCUT2D eigenvalue weighted by molar-refractivity contribution is -0.384. The number of benzene rings is 1. The number of hydrogen-bond acceptors (Lipinski definition) is 6. The first kappa shape index (κ1) is 15.6. The van der Waals surface area contributed by atoms with Gasteiger partial charge in [0.15, 0.2) is 0 Å². The van der Waals surface area contributed by atoms with Gasteiger partial charge in [-0.3, -0.25) is 15.0 Å². The average Bonchev–Trinajstić information content (AvgIpc) is 2.48. The van der Waals surface area contributed by atoms with Gasteiger partial charge in [-0.25, -0.2) is 4.79 Å². The molecule has 0 saturated carbocycles. The number of carbonyl (C=O) groups is 1. The summed E-state index contributed by atoms with van der Waals surface area (Å²) in [4.78, 5) is 23.7. The van der Waals surface area contributed by atoms with Crippen LogP contribution in [0.15, 0.2) is 18.2 Å². The summed E-state index contributed by atoms with van der Waals surface area (Å²) in [6, 6.07) is 3.74. The van der Waals surface area contributed by atoms with Crippen molar-refractivity contribution in [3.63, 3.8) is 0 Å². The van der Waals surface area contributed by atoms with Gasteiger partial charge in [0.2, 0.25) is 0 Å². The van der Waals surface area contributed by atoms with E-state index in [0.717, 1.165) is 31.1 Å². The number of non-ortho nitro benzene ring substituents is 1. The summed E-state index contributed by atoms with van der Waals surface area (Å²) < 4.78 is 0. The molecule has 0 unspecified atom stereocenters. The molecule has 1 fully saturated rings. The van der Waals surface area contributed by atoms with Crippen LogP contribution < -0.4 is 5.32 Å². The Kier molecular flexibility index (Phi) is 5.40. The van der Waals surface area contributed by atoms with Crippen molar-refractivity contribution in [2.24, 2.45) is 0 Å². The largest absolute Gasteiger partial charge is 0.478 e. The lowest BCUT2D eigenvalue weighted by Crippen LogP contribution is -2.36. The van der Waals surface area contributed by atoms with E-state index < -0.39 is 10.9 Å². The quantitative estimate of drug-likeness (QED) is 0.610. The Morgan fingerprint density at radius 1 is 1.43 bits per heavy atom. The van der Waals surface area contributed by atoms with Crippen LogP contribution in [0.1, 0.15) is 10.4 Å². The number of anilines is 1. The van der Waals surface area contributed by atoms with Crippen molar-refractivity contribution in [2.45, 2.75) is 0 Å². The fraction of sp³-hybridized carbons (Fsp3) is 0.462. The summed E-state index contributed by atoms with van der Waals surface area (Å²) in [5.74, 6) is 1.12. The topological polar surface area (TPSA) is 95.7 Å². The third-order valence-corrected chi connectivity index (χ3v) is 4.23. The molecule has 0 radical (unpaired) electrons. The van der Waals surface area contributed by atoms with Crippen molar-refractivity contribution < 1.29 is 14.8 Å². The number of nitrogens with zero attached hydrogens (tertiary/aromatic N) is 2. The highest BCUT2D eigenvalue weighted by molar-refractivity contribution is 7.99. The lowest BCUT2D eigenvalue weighted by atomic mass is 10.1. The monoisotopic (exact) mass is 311 g/mol. The molecule has 7 nitrogen and oxygen atoms in total. The Morgan fingerprint density at radius 2 is 2.14 bits per heavy atom. The van der Waals surface area contributed by atoms with Gasteiger partial charge < -0.3 is 10.4 Å². The van der Waals surface area contributed by atoms with Crippen LogP contribution in [-0.2, 0) is 0 Å². The highest BCUT2D eigenvalue weighted by atomic mass is 32.2.